The zero-order valence-corrected chi connectivity index (χ0v) is 23.6. The van der Waals surface area contributed by atoms with E-state index in [2.05, 4.69) is 0 Å². The summed E-state index contributed by atoms with van der Waals surface area (Å²) in [7, 11) is 0. The quantitative estimate of drug-likeness (QED) is 0.212. The summed E-state index contributed by atoms with van der Waals surface area (Å²) in [6.07, 6.45) is 0.199. The zero-order chi connectivity index (χ0) is 29.8. The van der Waals surface area contributed by atoms with Gasteiger partial charge in [-0.05, 0) is 103 Å². The molecule has 0 saturated carbocycles. The number of carbonyl (C=O) groups is 4. The van der Waals surface area contributed by atoms with Gasteiger partial charge in [-0.1, -0.05) is 48.5 Å². The molecular weight excluding hydrogens is 516 g/mol. The predicted octanol–water partition coefficient (Wildman–Crippen LogP) is 6.76. The number of benzene rings is 4. The van der Waals surface area contributed by atoms with Crippen molar-refractivity contribution in [2.24, 2.45) is 0 Å². The Morgan fingerprint density at radius 1 is 0.512 bits per heavy atom. The van der Waals surface area contributed by atoms with Gasteiger partial charge in [-0.25, -0.2) is 9.59 Å². The van der Waals surface area contributed by atoms with Gasteiger partial charge < -0.3 is 10.2 Å². The summed E-state index contributed by atoms with van der Waals surface area (Å²) in [6.45, 7) is 7.77. The van der Waals surface area contributed by atoms with Crippen molar-refractivity contribution in [3.63, 3.8) is 0 Å². The fourth-order valence-electron chi connectivity index (χ4n) is 4.79. The van der Waals surface area contributed by atoms with E-state index in [1.807, 2.05) is 52.0 Å². The number of aromatic carboxylic acids is 2. The lowest BCUT2D eigenvalue weighted by atomic mass is 9.92. The van der Waals surface area contributed by atoms with Crippen LogP contribution in [0, 0.1) is 27.7 Å². The fraction of sp³-hybridized carbons (Fsp3) is 0.200. The summed E-state index contributed by atoms with van der Waals surface area (Å²) in [5.74, 6) is -2.61. The summed E-state index contributed by atoms with van der Waals surface area (Å²) in [6, 6.07) is 20.7. The maximum atomic E-state index is 12.9. The molecule has 0 unspecified atom stereocenters. The number of hydrogen-bond donors (Lipinski definition) is 2. The standard InChI is InChI=1S/C35H32O6/c1-20-5-9-28(13-22(20)3)32(36)18-26-11-7-24(16-30(26)34(38)39)15-25-8-12-27(31(17-25)35(40)41)19-33(37)29-10-6-21(2)23(4)14-29/h5-14,16-17H,15,18-19H2,1-4H3,(H,38,39)(H,40,41). The first-order valence-corrected chi connectivity index (χ1v) is 13.3. The second-order valence-electron chi connectivity index (χ2n) is 10.6. The maximum Gasteiger partial charge on any atom is 0.335 e. The fourth-order valence-corrected chi connectivity index (χ4v) is 4.79. The highest BCUT2D eigenvalue weighted by Gasteiger charge is 2.18. The van der Waals surface area contributed by atoms with Crippen molar-refractivity contribution in [3.05, 3.63) is 140 Å². The van der Waals surface area contributed by atoms with E-state index >= 15 is 0 Å². The van der Waals surface area contributed by atoms with E-state index in [9.17, 15) is 29.4 Å². The number of carbonyl (C=O) groups excluding carboxylic acids is 2. The van der Waals surface area contributed by atoms with Crippen LogP contribution in [0.2, 0.25) is 0 Å². The van der Waals surface area contributed by atoms with Crippen LogP contribution < -0.4 is 0 Å². The molecule has 0 aromatic heterocycles. The first-order valence-electron chi connectivity index (χ1n) is 13.3. The smallest absolute Gasteiger partial charge is 0.335 e. The van der Waals surface area contributed by atoms with Gasteiger partial charge in [0.1, 0.15) is 0 Å². The Labute approximate surface area is 239 Å². The third kappa shape index (κ3) is 6.84. The van der Waals surface area contributed by atoms with Crippen molar-refractivity contribution >= 4 is 23.5 Å². The van der Waals surface area contributed by atoms with Crippen molar-refractivity contribution < 1.29 is 29.4 Å². The molecule has 0 saturated heterocycles. The summed E-state index contributed by atoms with van der Waals surface area (Å²) < 4.78 is 0. The molecule has 0 atom stereocenters. The van der Waals surface area contributed by atoms with Crippen LogP contribution in [0.15, 0.2) is 72.8 Å². The summed E-state index contributed by atoms with van der Waals surface area (Å²) in [5, 5.41) is 19.7. The van der Waals surface area contributed by atoms with Crippen LogP contribution in [0.25, 0.3) is 0 Å². The summed E-state index contributed by atoms with van der Waals surface area (Å²) in [5.41, 5.74) is 7.43. The van der Waals surface area contributed by atoms with Gasteiger partial charge in [-0.15, -0.1) is 0 Å². The number of carboxylic acids is 2. The van der Waals surface area contributed by atoms with Gasteiger partial charge in [0.25, 0.3) is 0 Å². The third-order valence-corrected chi connectivity index (χ3v) is 7.58. The van der Waals surface area contributed by atoms with Crippen LogP contribution in [0.1, 0.15) is 85.9 Å². The molecule has 2 N–H and O–H groups in total. The number of Topliss-reactive ketones (excluding diaryl/α,β-unsaturated/α-hetero) is 2. The van der Waals surface area contributed by atoms with Crippen LogP contribution in [-0.4, -0.2) is 33.7 Å². The monoisotopic (exact) mass is 548 g/mol. The Morgan fingerprint density at radius 2 is 0.902 bits per heavy atom. The van der Waals surface area contributed by atoms with Crippen molar-refractivity contribution in [1.29, 1.82) is 0 Å². The van der Waals surface area contributed by atoms with Gasteiger partial charge >= 0.3 is 11.9 Å². The highest BCUT2D eigenvalue weighted by atomic mass is 16.4. The SMILES string of the molecule is Cc1ccc(C(=O)Cc2ccc(Cc3ccc(CC(=O)c4ccc(C)c(C)c4)c(C(=O)O)c3)cc2C(=O)O)cc1C. The van der Waals surface area contributed by atoms with Crippen molar-refractivity contribution in [3.8, 4) is 0 Å². The van der Waals surface area contributed by atoms with Gasteiger partial charge in [-0.3, -0.25) is 9.59 Å². The Balaban J connectivity index is 1.55. The Hall–Kier alpha value is -4.84. The number of rotatable bonds is 10. The molecule has 208 valence electrons. The molecule has 4 rings (SSSR count). The Kier molecular flexibility index (Phi) is 8.62. The molecule has 0 amide bonds. The van der Waals surface area contributed by atoms with Crippen LogP contribution in [0.4, 0.5) is 0 Å². The first-order chi connectivity index (χ1) is 19.4. The first kappa shape index (κ1) is 29.2. The molecule has 0 fully saturated rings. The van der Waals surface area contributed by atoms with Gasteiger partial charge in [0.2, 0.25) is 0 Å². The molecule has 0 heterocycles. The lowest BCUT2D eigenvalue weighted by Gasteiger charge is -2.12. The van der Waals surface area contributed by atoms with Gasteiger partial charge in [0.05, 0.1) is 11.1 Å². The second kappa shape index (κ2) is 12.1. The molecule has 6 nitrogen and oxygen atoms in total. The van der Waals surface area contributed by atoms with Gasteiger partial charge in [-0.2, -0.15) is 0 Å². The average Bonchev–Trinajstić information content (AvgIpc) is 2.93. The number of ketones is 2. The number of aryl methyl sites for hydroxylation is 4. The van der Waals surface area contributed by atoms with E-state index in [4.69, 9.17) is 0 Å². The molecular formula is C35H32O6. The lowest BCUT2D eigenvalue weighted by Crippen LogP contribution is -2.11. The topological polar surface area (TPSA) is 109 Å². The molecule has 41 heavy (non-hydrogen) atoms. The van der Waals surface area contributed by atoms with E-state index in [-0.39, 0.29) is 42.0 Å². The molecule has 0 aliphatic rings. The molecule has 6 heteroatoms. The largest absolute Gasteiger partial charge is 0.478 e. The van der Waals surface area contributed by atoms with Crippen LogP contribution in [0.5, 0.6) is 0 Å². The van der Waals surface area contributed by atoms with Crippen molar-refractivity contribution in [2.75, 3.05) is 0 Å². The number of hydrogen-bond acceptors (Lipinski definition) is 4. The minimum absolute atomic E-state index is 0.0359. The predicted molar refractivity (Wildman–Crippen MR) is 158 cm³/mol. The van der Waals surface area contributed by atoms with Crippen molar-refractivity contribution in [2.45, 2.75) is 47.0 Å². The number of carboxylic acid groups (broad SMARTS) is 2. The minimum atomic E-state index is -1.14. The third-order valence-electron chi connectivity index (χ3n) is 7.58. The lowest BCUT2D eigenvalue weighted by molar-refractivity contribution is 0.0684. The van der Waals surface area contributed by atoms with Gasteiger partial charge in [0, 0.05) is 24.0 Å². The second-order valence-corrected chi connectivity index (χ2v) is 10.6. The minimum Gasteiger partial charge on any atom is -0.478 e. The van der Waals surface area contributed by atoms with Crippen molar-refractivity contribution in [1.82, 2.24) is 0 Å². The average molecular weight is 549 g/mol. The highest BCUT2D eigenvalue weighted by Crippen LogP contribution is 2.22. The van der Waals surface area contributed by atoms with Crippen LogP contribution in [-0.2, 0) is 19.3 Å². The summed E-state index contributed by atoms with van der Waals surface area (Å²) >= 11 is 0. The van der Waals surface area contributed by atoms with E-state index in [1.165, 1.54) is 12.1 Å². The van der Waals surface area contributed by atoms with Gasteiger partial charge in [0.15, 0.2) is 11.6 Å². The normalized spacial score (nSPS) is 10.8. The Bertz CT molecular complexity index is 1570. The van der Waals surface area contributed by atoms with E-state index in [1.54, 1.807) is 36.4 Å². The maximum absolute atomic E-state index is 12.9. The molecule has 0 bridgehead atoms. The highest BCUT2D eigenvalue weighted by molar-refractivity contribution is 6.01. The zero-order valence-electron chi connectivity index (χ0n) is 23.6. The Morgan fingerprint density at radius 3 is 1.24 bits per heavy atom. The molecule has 0 aliphatic heterocycles. The van der Waals surface area contributed by atoms with E-state index in [0.29, 0.717) is 33.4 Å². The van der Waals surface area contributed by atoms with Crippen LogP contribution >= 0.6 is 0 Å². The van der Waals surface area contributed by atoms with E-state index < -0.39 is 11.9 Å². The summed E-state index contributed by atoms with van der Waals surface area (Å²) in [4.78, 5) is 49.9. The van der Waals surface area contributed by atoms with E-state index in [0.717, 1.165) is 22.3 Å². The molecule has 4 aromatic carbocycles. The molecule has 4 aromatic rings. The molecule has 0 spiro atoms. The van der Waals surface area contributed by atoms with Crippen LogP contribution in [0.3, 0.4) is 0 Å². The molecule has 0 aliphatic carbocycles. The molecule has 0 radical (unpaired) electrons.